The van der Waals surface area contributed by atoms with E-state index in [2.05, 4.69) is 51.9 Å². The van der Waals surface area contributed by atoms with E-state index in [1.807, 2.05) is 17.0 Å². The van der Waals surface area contributed by atoms with Gasteiger partial charge in [0.05, 0.1) is 5.56 Å². The molecule has 6 nitrogen and oxygen atoms in total. The molecule has 0 N–H and O–H groups in total. The first-order chi connectivity index (χ1) is 14.1. The van der Waals surface area contributed by atoms with Crippen LogP contribution in [0, 0.1) is 13.8 Å². The zero-order valence-corrected chi connectivity index (χ0v) is 17.4. The van der Waals surface area contributed by atoms with Crippen LogP contribution in [0.5, 0.6) is 0 Å². The average molecular weight is 406 g/mol. The number of pyridine rings is 1. The Labute approximate surface area is 175 Å². The van der Waals surface area contributed by atoms with Gasteiger partial charge in [-0.1, -0.05) is 17.8 Å². The first-order valence-electron chi connectivity index (χ1n) is 9.63. The second-order valence-corrected chi connectivity index (χ2v) is 8.09. The highest BCUT2D eigenvalue weighted by molar-refractivity contribution is 7.99. The van der Waals surface area contributed by atoms with Crippen LogP contribution in [0.2, 0.25) is 0 Å². The van der Waals surface area contributed by atoms with Gasteiger partial charge in [-0.2, -0.15) is 0 Å². The smallest absolute Gasteiger partial charge is 0.256 e. The van der Waals surface area contributed by atoms with Gasteiger partial charge in [0.15, 0.2) is 0 Å². The fraction of sp³-hybridized carbons (Fsp3) is 0.273. The molecule has 1 saturated heterocycles. The van der Waals surface area contributed by atoms with E-state index in [0.717, 1.165) is 23.0 Å². The van der Waals surface area contributed by atoms with E-state index in [0.29, 0.717) is 24.6 Å². The Kier molecular flexibility index (Phi) is 5.76. The molecule has 1 fully saturated rings. The molecule has 1 aliphatic rings. The Bertz CT molecular complexity index is 1000. The number of aryl methyl sites for hydroxylation is 2. The third-order valence-electron chi connectivity index (χ3n) is 5.10. The topological polar surface area (TPSA) is 62.2 Å². The highest BCUT2D eigenvalue weighted by Crippen LogP contribution is 2.30. The number of piperazine rings is 1. The minimum atomic E-state index is 0.0260. The van der Waals surface area contributed by atoms with Gasteiger partial charge in [-0.3, -0.25) is 4.79 Å². The standard InChI is InChI=1S/C22H23N5OS/c1-16-6-7-18(15-17(16)2)29-20-19(5-3-8-23-20)21(28)26-11-13-27(14-12-26)22-24-9-4-10-25-22/h3-10,15H,11-14H2,1-2H3. The first-order valence-corrected chi connectivity index (χ1v) is 10.4. The SMILES string of the molecule is Cc1ccc(Sc2ncccc2C(=O)N2CCN(c3ncccn3)CC2)cc1C. The highest BCUT2D eigenvalue weighted by atomic mass is 32.2. The molecular formula is C22H23N5OS. The summed E-state index contributed by atoms with van der Waals surface area (Å²) in [6.07, 6.45) is 5.22. The van der Waals surface area contributed by atoms with Gasteiger partial charge in [-0.05, 0) is 55.3 Å². The van der Waals surface area contributed by atoms with Gasteiger partial charge in [-0.15, -0.1) is 0 Å². The molecule has 3 aromatic rings. The van der Waals surface area contributed by atoms with Gasteiger partial charge in [0.25, 0.3) is 5.91 Å². The summed E-state index contributed by atoms with van der Waals surface area (Å²) in [5.41, 5.74) is 3.14. The zero-order valence-electron chi connectivity index (χ0n) is 16.6. The molecular weight excluding hydrogens is 382 g/mol. The van der Waals surface area contributed by atoms with E-state index in [9.17, 15) is 4.79 Å². The van der Waals surface area contributed by atoms with Crippen LogP contribution in [-0.2, 0) is 0 Å². The van der Waals surface area contributed by atoms with Crippen LogP contribution >= 0.6 is 11.8 Å². The molecule has 1 aliphatic heterocycles. The van der Waals surface area contributed by atoms with E-state index in [4.69, 9.17) is 0 Å². The van der Waals surface area contributed by atoms with Crippen molar-refractivity contribution in [3.8, 4) is 0 Å². The summed E-state index contributed by atoms with van der Waals surface area (Å²) >= 11 is 1.54. The lowest BCUT2D eigenvalue weighted by atomic mass is 10.1. The molecule has 0 atom stereocenters. The molecule has 4 rings (SSSR count). The van der Waals surface area contributed by atoms with Crippen molar-refractivity contribution in [1.29, 1.82) is 0 Å². The van der Waals surface area contributed by atoms with Crippen molar-refractivity contribution in [3.63, 3.8) is 0 Å². The molecule has 0 aliphatic carbocycles. The van der Waals surface area contributed by atoms with Crippen molar-refractivity contribution in [2.24, 2.45) is 0 Å². The maximum atomic E-state index is 13.2. The number of anilines is 1. The van der Waals surface area contributed by atoms with Crippen molar-refractivity contribution in [1.82, 2.24) is 19.9 Å². The second-order valence-electron chi connectivity index (χ2n) is 7.03. The first kappa shape index (κ1) is 19.4. The normalized spacial score (nSPS) is 14.1. The van der Waals surface area contributed by atoms with Gasteiger partial charge in [0, 0.05) is 49.7 Å². The lowest BCUT2D eigenvalue weighted by molar-refractivity contribution is 0.0742. The van der Waals surface area contributed by atoms with Gasteiger partial charge < -0.3 is 9.80 Å². The van der Waals surface area contributed by atoms with Crippen LogP contribution in [0.4, 0.5) is 5.95 Å². The van der Waals surface area contributed by atoms with Crippen LogP contribution < -0.4 is 4.90 Å². The fourth-order valence-electron chi connectivity index (χ4n) is 3.26. The number of nitrogens with zero attached hydrogens (tertiary/aromatic N) is 5. The van der Waals surface area contributed by atoms with Crippen molar-refractivity contribution in [2.45, 2.75) is 23.8 Å². The van der Waals surface area contributed by atoms with Gasteiger partial charge in [0.1, 0.15) is 5.03 Å². The third-order valence-corrected chi connectivity index (χ3v) is 6.10. The molecule has 0 bridgehead atoms. The van der Waals surface area contributed by atoms with Crippen LogP contribution in [0.15, 0.2) is 64.9 Å². The summed E-state index contributed by atoms with van der Waals surface area (Å²) < 4.78 is 0. The predicted octanol–water partition coefficient (Wildman–Crippen LogP) is 3.60. The van der Waals surface area contributed by atoms with Gasteiger partial charge >= 0.3 is 0 Å². The number of rotatable bonds is 4. The Balaban J connectivity index is 1.47. The number of aromatic nitrogens is 3. The minimum absolute atomic E-state index is 0.0260. The Morgan fingerprint density at radius 1 is 0.897 bits per heavy atom. The largest absolute Gasteiger partial charge is 0.337 e. The number of amides is 1. The number of carbonyl (C=O) groups is 1. The van der Waals surface area contributed by atoms with E-state index in [1.54, 1.807) is 24.7 Å². The summed E-state index contributed by atoms with van der Waals surface area (Å²) in [6.45, 7) is 6.91. The second kappa shape index (κ2) is 8.61. The number of hydrogen-bond donors (Lipinski definition) is 0. The molecule has 1 amide bonds. The number of carbonyl (C=O) groups excluding carboxylic acids is 1. The van der Waals surface area contributed by atoms with Gasteiger partial charge in [0.2, 0.25) is 5.95 Å². The van der Waals surface area contributed by atoms with Crippen molar-refractivity contribution in [3.05, 3.63) is 71.7 Å². The zero-order chi connectivity index (χ0) is 20.2. The van der Waals surface area contributed by atoms with Crippen molar-refractivity contribution >= 4 is 23.6 Å². The van der Waals surface area contributed by atoms with E-state index in [-0.39, 0.29) is 5.91 Å². The molecule has 0 radical (unpaired) electrons. The maximum Gasteiger partial charge on any atom is 0.256 e. The quantitative estimate of drug-likeness (QED) is 0.661. The molecule has 2 aromatic heterocycles. The molecule has 29 heavy (non-hydrogen) atoms. The summed E-state index contributed by atoms with van der Waals surface area (Å²) in [7, 11) is 0. The maximum absolute atomic E-state index is 13.2. The molecule has 0 unspecified atom stereocenters. The molecule has 7 heteroatoms. The Morgan fingerprint density at radius 2 is 1.62 bits per heavy atom. The van der Waals surface area contributed by atoms with E-state index < -0.39 is 0 Å². The van der Waals surface area contributed by atoms with Gasteiger partial charge in [-0.25, -0.2) is 15.0 Å². The van der Waals surface area contributed by atoms with Crippen LogP contribution in [0.25, 0.3) is 0 Å². The summed E-state index contributed by atoms with van der Waals surface area (Å²) in [4.78, 5) is 31.4. The summed E-state index contributed by atoms with van der Waals surface area (Å²) in [6, 6.07) is 11.8. The molecule has 3 heterocycles. The summed E-state index contributed by atoms with van der Waals surface area (Å²) in [5.74, 6) is 0.741. The molecule has 148 valence electrons. The van der Waals surface area contributed by atoms with Crippen LogP contribution in [0.3, 0.4) is 0 Å². The molecule has 1 aromatic carbocycles. The van der Waals surface area contributed by atoms with Crippen LogP contribution in [-0.4, -0.2) is 51.9 Å². The number of benzene rings is 1. The molecule has 0 spiro atoms. The predicted molar refractivity (Wildman–Crippen MR) is 114 cm³/mol. The van der Waals surface area contributed by atoms with E-state index >= 15 is 0 Å². The van der Waals surface area contributed by atoms with E-state index in [1.165, 1.54) is 22.9 Å². The minimum Gasteiger partial charge on any atom is -0.337 e. The van der Waals surface area contributed by atoms with Crippen molar-refractivity contribution in [2.75, 3.05) is 31.1 Å². The average Bonchev–Trinajstić information content (AvgIpc) is 2.77. The lowest BCUT2D eigenvalue weighted by Crippen LogP contribution is -2.49. The summed E-state index contributed by atoms with van der Waals surface area (Å²) in [5, 5.41) is 0.745. The third kappa shape index (κ3) is 4.40. The Hall–Kier alpha value is -2.93. The van der Waals surface area contributed by atoms with Crippen LogP contribution in [0.1, 0.15) is 21.5 Å². The monoisotopic (exact) mass is 405 g/mol. The highest BCUT2D eigenvalue weighted by Gasteiger charge is 2.25. The molecule has 0 saturated carbocycles. The Morgan fingerprint density at radius 3 is 2.34 bits per heavy atom. The lowest BCUT2D eigenvalue weighted by Gasteiger charge is -2.34. The number of hydrogen-bond acceptors (Lipinski definition) is 6. The fourth-order valence-corrected chi connectivity index (χ4v) is 4.23. The van der Waals surface area contributed by atoms with Crippen molar-refractivity contribution < 1.29 is 4.79 Å².